The highest BCUT2D eigenvalue weighted by atomic mass is 16.4. The van der Waals surface area contributed by atoms with E-state index >= 15 is 0 Å². The summed E-state index contributed by atoms with van der Waals surface area (Å²) in [5.74, 6) is -0.953. The summed E-state index contributed by atoms with van der Waals surface area (Å²) in [4.78, 5) is 11.3. The Morgan fingerprint density at radius 3 is 2.67 bits per heavy atom. The van der Waals surface area contributed by atoms with Gasteiger partial charge >= 0.3 is 5.97 Å². The van der Waals surface area contributed by atoms with Gasteiger partial charge in [-0.2, -0.15) is 5.10 Å². The molecule has 0 amide bonds. The SMILES string of the molecule is O=C(O)c1ccc2ccccc2c1-n1cccn1. The second-order valence-corrected chi connectivity index (χ2v) is 3.94. The lowest BCUT2D eigenvalue weighted by atomic mass is 10.0. The number of hydrogen-bond acceptors (Lipinski definition) is 2. The van der Waals surface area contributed by atoms with Crippen molar-refractivity contribution in [2.24, 2.45) is 0 Å². The lowest BCUT2D eigenvalue weighted by molar-refractivity contribution is 0.0697. The van der Waals surface area contributed by atoms with Crippen molar-refractivity contribution in [1.82, 2.24) is 9.78 Å². The number of aromatic nitrogens is 2. The van der Waals surface area contributed by atoms with E-state index in [4.69, 9.17) is 0 Å². The maximum atomic E-state index is 11.3. The second-order valence-electron chi connectivity index (χ2n) is 3.94. The maximum Gasteiger partial charge on any atom is 0.337 e. The Kier molecular flexibility index (Phi) is 2.34. The Balaban J connectivity index is 2.43. The highest BCUT2D eigenvalue weighted by molar-refractivity contribution is 6.02. The van der Waals surface area contributed by atoms with Crippen LogP contribution in [0.3, 0.4) is 0 Å². The van der Waals surface area contributed by atoms with Crippen LogP contribution in [0.15, 0.2) is 54.9 Å². The van der Waals surface area contributed by atoms with Gasteiger partial charge in [-0.3, -0.25) is 0 Å². The van der Waals surface area contributed by atoms with Crippen LogP contribution in [0.25, 0.3) is 16.5 Å². The minimum atomic E-state index is -0.953. The average Bonchev–Trinajstić information content (AvgIpc) is 2.90. The molecule has 0 fully saturated rings. The van der Waals surface area contributed by atoms with Crippen LogP contribution < -0.4 is 0 Å². The fourth-order valence-corrected chi connectivity index (χ4v) is 2.08. The second kappa shape index (κ2) is 4.00. The van der Waals surface area contributed by atoms with E-state index in [1.165, 1.54) is 0 Å². The van der Waals surface area contributed by atoms with Crippen molar-refractivity contribution in [1.29, 1.82) is 0 Å². The van der Waals surface area contributed by atoms with Crippen LogP contribution in [0.2, 0.25) is 0 Å². The van der Waals surface area contributed by atoms with Crippen molar-refractivity contribution in [2.45, 2.75) is 0 Å². The molecule has 1 heterocycles. The predicted octanol–water partition coefficient (Wildman–Crippen LogP) is 2.72. The highest BCUT2D eigenvalue weighted by Gasteiger charge is 2.14. The monoisotopic (exact) mass is 238 g/mol. The summed E-state index contributed by atoms with van der Waals surface area (Å²) in [7, 11) is 0. The largest absolute Gasteiger partial charge is 0.478 e. The van der Waals surface area contributed by atoms with E-state index in [2.05, 4.69) is 5.10 Å². The van der Waals surface area contributed by atoms with E-state index in [9.17, 15) is 9.90 Å². The summed E-state index contributed by atoms with van der Waals surface area (Å²) in [5.41, 5.74) is 0.850. The summed E-state index contributed by atoms with van der Waals surface area (Å²) < 4.78 is 1.59. The molecule has 3 aromatic rings. The van der Waals surface area contributed by atoms with Crippen molar-refractivity contribution < 1.29 is 9.90 Å². The van der Waals surface area contributed by atoms with E-state index < -0.39 is 5.97 Å². The zero-order valence-electron chi connectivity index (χ0n) is 9.45. The molecule has 0 radical (unpaired) electrons. The number of nitrogens with zero attached hydrogens (tertiary/aromatic N) is 2. The normalized spacial score (nSPS) is 10.7. The van der Waals surface area contributed by atoms with Crippen molar-refractivity contribution in [3.8, 4) is 5.69 Å². The topological polar surface area (TPSA) is 55.1 Å². The van der Waals surface area contributed by atoms with Crippen molar-refractivity contribution in [3.63, 3.8) is 0 Å². The lowest BCUT2D eigenvalue weighted by Crippen LogP contribution is -2.06. The minimum absolute atomic E-state index is 0.248. The molecule has 0 saturated heterocycles. The van der Waals surface area contributed by atoms with Crippen LogP contribution >= 0.6 is 0 Å². The molecule has 1 N–H and O–H groups in total. The number of carbonyl (C=O) groups is 1. The minimum Gasteiger partial charge on any atom is -0.478 e. The van der Waals surface area contributed by atoms with E-state index in [0.717, 1.165) is 10.8 Å². The molecule has 4 nitrogen and oxygen atoms in total. The molecule has 0 bridgehead atoms. The van der Waals surface area contributed by atoms with Crippen molar-refractivity contribution >= 4 is 16.7 Å². The third-order valence-electron chi connectivity index (χ3n) is 2.86. The molecule has 88 valence electrons. The van der Waals surface area contributed by atoms with Crippen LogP contribution in [-0.2, 0) is 0 Å². The van der Waals surface area contributed by atoms with E-state index in [1.54, 1.807) is 29.2 Å². The van der Waals surface area contributed by atoms with Crippen molar-refractivity contribution in [2.75, 3.05) is 0 Å². The molecule has 0 unspecified atom stereocenters. The summed E-state index contributed by atoms with van der Waals surface area (Å²) in [6.07, 6.45) is 3.38. The van der Waals surface area contributed by atoms with Gasteiger partial charge < -0.3 is 5.11 Å². The smallest absolute Gasteiger partial charge is 0.337 e. The van der Waals surface area contributed by atoms with Gasteiger partial charge in [0.15, 0.2) is 0 Å². The molecule has 0 atom stereocenters. The van der Waals surface area contributed by atoms with Crippen LogP contribution in [0.1, 0.15) is 10.4 Å². The molecule has 18 heavy (non-hydrogen) atoms. The first-order valence-corrected chi connectivity index (χ1v) is 5.52. The molecule has 0 spiro atoms. The molecule has 2 aromatic carbocycles. The van der Waals surface area contributed by atoms with Crippen LogP contribution in [0, 0.1) is 0 Å². The zero-order chi connectivity index (χ0) is 12.5. The molecule has 0 aliphatic rings. The molecule has 0 aliphatic carbocycles. The molecular formula is C14H10N2O2. The van der Waals surface area contributed by atoms with Crippen LogP contribution in [-0.4, -0.2) is 20.9 Å². The van der Waals surface area contributed by atoms with Gasteiger partial charge in [-0.25, -0.2) is 9.48 Å². The number of aromatic carboxylic acids is 1. The molecule has 0 saturated carbocycles. The molecular weight excluding hydrogens is 228 g/mol. The molecule has 4 heteroatoms. The Morgan fingerprint density at radius 1 is 1.11 bits per heavy atom. The fraction of sp³-hybridized carbons (Fsp3) is 0. The predicted molar refractivity (Wildman–Crippen MR) is 68.0 cm³/mol. The van der Waals surface area contributed by atoms with E-state index in [1.807, 2.05) is 30.3 Å². The van der Waals surface area contributed by atoms with Gasteiger partial charge in [0.1, 0.15) is 0 Å². The number of hydrogen-bond donors (Lipinski definition) is 1. The molecule has 1 aromatic heterocycles. The molecule has 0 aliphatic heterocycles. The summed E-state index contributed by atoms with van der Waals surface area (Å²) >= 11 is 0. The summed E-state index contributed by atoms with van der Waals surface area (Å²) in [5, 5.41) is 15.3. The maximum absolute atomic E-state index is 11.3. The number of fused-ring (bicyclic) bond motifs is 1. The lowest BCUT2D eigenvalue weighted by Gasteiger charge is -2.10. The first kappa shape index (κ1) is 10.5. The number of benzene rings is 2. The average molecular weight is 238 g/mol. The van der Waals surface area contributed by atoms with E-state index in [-0.39, 0.29) is 5.56 Å². The van der Waals surface area contributed by atoms with Gasteiger partial charge in [-0.05, 0) is 17.5 Å². The summed E-state index contributed by atoms with van der Waals surface area (Å²) in [6.45, 7) is 0. The Labute approximate surface area is 103 Å². The Hall–Kier alpha value is -2.62. The third-order valence-corrected chi connectivity index (χ3v) is 2.86. The van der Waals surface area contributed by atoms with Gasteiger partial charge in [-0.1, -0.05) is 30.3 Å². The Bertz CT molecular complexity index is 718. The van der Waals surface area contributed by atoms with Crippen LogP contribution in [0.4, 0.5) is 0 Å². The Morgan fingerprint density at radius 2 is 1.94 bits per heavy atom. The number of carboxylic acid groups (broad SMARTS) is 1. The first-order chi connectivity index (χ1) is 8.77. The number of carboxylic acids is 1. The molecule has 3 rings (SSSR count). The fourth-order valence-electron chi connectivity index (χ4n) is 2.08. The van der Waals surface area contributed by atoms with Crippen LogP contribution in [0.5, 0.6) is 0 Å². The van der Waals surface area contributed by atoms with Crippen molar-refractivity contribution in [3.05, 3.63) is 60.4 Å². The van der Waals surface area contributed by atoms with Gasteiger partial charge in [0.25, 0.3) is 0 Å². The van der Waals surface area contributed by atoms with Gasteiger partial charge in [-0.15, -0.1) is 0 Å². The quantitative estimate of drug-likeness (QED) is 0.746. The zero-order valence-corrected chi connectivity index (χ0v) is 9.45. The summed E-state index contributed by atoms with van der Waals surface area (Å²) in [6, 6.07) is 12.9. The van der Waals surface area contributed by atoms with E-state index in [0.29, 0.717) is 5.69 Å². The standard InChI is InChI=1S/C14H10N2O2/c17-14(18)12-7-6-10-4-1-2-5-11(10)13(12)16-9-3-8-15-16/h1-9H,(H,17,18). The van der Waals surface area contributed by atoms with Gasteiger partial charge in [0.2, 0.25) is 0 Å². The van der Waals surface area contributed by atoms with Gasteiger partial charge in [0.05, 0.1) is 11.3 Å². The highest BCUT2D eigenvalue weighted by Crippen LogP contribution is 2.25. The third kappa shape index (κ3) is 1.55. The van der Waals surface area contributed by atoms with Gasteiger partial charge in [0, 0.05) is 17.8 Å². The number of rotatable bonds is 2. The first-order valence-electron chi connectivity index (χ1n) is 5.52.